The van der Waals surface area contributed by atoms with Crippen molar-refractivity contribution in [2.24, 2.45) is 0 Å². The fourth-order valence-electron chi connectivity index (χ4n) is 1.77. The molecular formula is C11H18N4O2S. The molecule has 1 aromatic heterocycles. The van der Waals surface area contributed by atoms with Gasteiger partial charge in [0.05, 0.1) is 14.2 Å². The Labute approximate surface area is 111 Å². The number of thioether (sulfide) groups is 1. The molecule has 1 saturated heterocycles. The molecular weight excluding hydrogens is 252 g/mol. The van der Waals surface area contributed by atoms with E-state index in [0.29, 0.717) is 11.2 Å². The van der Waals surface area contributed by atoms with Crippen LogP contribution in [0.5, 0.6) is 12.0 Å². The number of rotatable bonds is 5. The van der Waals surface area contributed by atoms with Crippen LogP contribution in [0.4, 0.5) is 5.95 Å². The van der Waals surface area contributed by atoms with Crippen molar-refractivity contribution in [3.8, 4) is 12.0 Å². The van der Waals surface area contributed by atoms with Crippen molar-refractivity contribution in [3.63, 3.8) is 0 Å². The second-order valence-corrected chi connectivity index (χ2v) is 5.41. The summed E-state index contributed by atoms with van der Waals surface area (Å²) in [6.07, 6.45) is 3.88. The molecule has 2 rings (SSSR count). The van der Waals surface area contributed by atoms with Gasteiger partial charge < -0.3 is 14.8 Å². The van der Waals surface area contributed by atoms with Crippen molar-refractivity contribution < 1.29 is 9.47 Å². The van der Waals surface area contributed by atoms with E-state index in [-0.39, 0.29) is 12.0 Å². The lowest BCUT2D eigenvalue weighted by Gasteiger charge is -2.21. The third-order valence-corrected chi connectivity index (χ3v) is 4.12. The van der Waals surface area contributed by atoms with Crippen LogP contribution in [0, 0.1) is 0 Å². The smallest absolute Gasteiger partial charge is 0.324 e. The van der Waals surface area contributed by atoms with Gasteiger partial charge in [-0.3, -0.25) is 0 Å². The van der Waals surface area contributed by atoms with Crippen LogP contribution in [-0.2, 0) is 0 Å². The van der Waals surface area contributed by atoms with Crippen LogP contribution in [0.15, 0.2) is 0 Å². The van der Waals surface area contributed by atoms with Crippen molar-refractivity contribution in [2.75, 3.05) is 31.8 Å². The first-order chi connectivity index (χ1) is 8.81. The molecule has 100 valence electrons. The van der Waals surface area contributed by atoms with E-state index in [1.807, 2.05) is 11.8 Å². The van der Waals surface area contributed by atoms with E-state index in [1.54, 1.807) is 0 Å². The maximum Gasteiger partial charge on any atom is 0.324 e. The number of nitrogens with one attached hydrogen (secondary N) is 1. The molecule has 6 nitrogen and oxygen atoms in total. The van der Waals surface area contributed by atoms with Gasteiger partial charge >= 0.3 is 12.0 Å². The van der Waals surface area contributed by atoms with Gasteiger partial charge in [0.15, 0.2) is 0 Å². The summed E-state index contributed by atoms with van der Waals surface area (Å²) in [7, 11) is 3.05. The lowest BCUT2D eigenvalue weighted by molar-refractivity contribution is 0.341. The van der Waals surface area contributed by atoms with E-state index >= 15 is 0 Å². The molecule has 7 heteroatoms. The lowest BCUT2D eigenvalue weighted by atomic mass is 10.2. The summed E-state index contributed by atoms with van der Waals surface area (Å²) in [4.78, 5) is 12.2. The van der Waals surface area contributed by atoms with Gasteiger partial charge in [-0.2, -0.15) is 21.7 Å². The summed E-state index contributed by atoms with van der Waals surface area (Å²) in [5.74, 6) is 1.75. The van der Waals surface area contributed by atoms with Crippen molar-refractivity contribution >= 4 is 17.7 Å². The zero-order valence-corrected chi connectivity index (χ0v) is 11.5. The van der Waals surface area contributed by atoms with Crippen LogP contribution in [0.25, 0.3) is 0 Å². The zero-order chi connectivity index (χ0) is 12.8. The van der Waals surface area contributed by atoms with Crippen LogP contribution >= 0.6 is 11.8 Å². The Morgan fingerprint density at radius 1 is 1.17 bits per heavy atom. The van der Waals surface area contributed by atoms with Gasteiger partial charge in [-0.1, -0.05) is 6.42 Å². The van der Waals surface area contributed by atoms with Crippen molar-refractivity contribution in [3.05, 3.63) is 0 Å². The first-order valence-electron chi connectivity index (χ1n) is 6.01. The molecule has 0 saturated carbocycles. The predicted octanol–water partition coefficient (Wildman–Crippen LogP) is 1.59. The maximum atomic E-state index is 5.00. The highest BCUT2D eigenvalue weighted by molar-refractivity contribution is 7.99. The molecule has 2 heterocycles. The standard InChI is InChI=1S/C11H18N4O2S/c1-16-10-13-9(14-11(15-10)17-2)12-7-8-5-3-4-6-18-8/h8H,3-7H2,1-2H3,(H,12,13,14,15). The van der Waals surface area contributed by atoms with Gasteiger partial charge in [-0.25, -0.2) is 0 Å². The molecule has 0 aromatic carbocycles. The molecule has 1 aliphatic rings. The van der Waals surface area contributed by atoms with Gasteiger partial charge in [-0.05, 0) is 18.6 Å². The van der Waals surface area contributed by atoms with E-state index in [9.17, 15) is 0 Å². The number of methoxy groups -OCH3 is 2. The van der Waals surface area contributed by atoms with Crippen LogP contribution in [0.2, 0.25) is 0 Å². The number of aromatic nitrogens is 3. The van der Waals surface area contributed by atoms with Crippen molar-refractivity contribution in [1.29, 1.82) is 0 Å². The SMILES string of the molecule is COc1nc(NCC2CCCCS2)nc(OC)n1. The molecule has 1 unspecified atom stereocenters. The molecule has 0 amide bonds. The molecule has 1 fully saturated rings. The highest BCUT2D eigenvalue weighted by Gasteiger charge is 2.14. The van der Waals surface area contributed by atoms with Gasteiger partial charge in [0.2, 0.25) is 5.95 Å². The molecule has 0 bridgehead atoms. The molecule has 18 heavy (non-hydrogen) atoms. The molecule has 0 aliphatic carbocycles. The van der Waals surface area contributed by atoms with E-state index in [4.69, 9.17) is 9.47 Å². The highest BCUT2D eigenvalue weighted by atomic mass is 32.2. The Kier molecular flexibility index (Phi) is 4.86. The average molecular weight is 270 g/mol. The van der Waals surface area contributed by atoms with Gasteiger partial charge in [0.1, 0.15) is 0 Å². The zero-order valence-electron chi connectivity index (χ0n) is 10.7. The van der Waals surface area contributed by atoms with Gasteiger partial charge in [-0.15, -0.1) is 4.98 Å². The first kappa shape index (κ1) is 13.2. The van der Waals surface area contributed by atoms with E-state index < -0.39 is 0 Å². The van der Waals surface area contributed by atoms with Gasteiger partial charge in [0.25, 0.3) is 0 Å². The molecule has 1 atom stereocenters. The molecule has 1 N–H and O–H groups in total. The Balaban J connectivity index is 1.94. The molecule has 1 aromatic rings. The van der Waals surface area contributed by atoms with Crippen LogP contribution in [0.1, 0.15) is 19.3 Å². The monoisotopic (exact) mass is 270 g/mol. The van der Waals surface area contributed by atoms with E-state index in [1.165, 1.54) is 39.2 Å². The largest absolute Gasteiger partial charge is 0.467 e. The van der Waals surface area contributed by atoms with Crippen LogP contribution < -0.4 is 14.8 Å². The second-order valence-electron chi connectivity index (χ2n) is 4.00. The number of ether oxygens (including phenoxy) is 2. The lowest BCUT2D eigenvalue weighted by Crippen LogP contribution is -2.21. The maximum absolute atomic E-state index is 5.00. The quantitative estimate of drug-likeness (QED) is 0.871. The number of hydrogen-bond donors (Lipinski definition) is 1. The average Bonchev–Trinajstić information content (AvgIpc) is 2.45. The minimum absolute atomic E-state index is 0.264. The predicted molar refractivity (Wildman–Crippen MR) is 71.5 cm³/mol. The minimum Gasteiger partial charge on any atom is -0.467 e. The summed E-state index contributed by atoms with van der Waals surface area (Å²) in [5.41, 5.74) is 0. The Bertz CT molecular complexity index is 363. The summed E-state index contributed by atoms with van der Waals surface area (Å²) >= 11 is 2.01. The third kappa shape index (κ3) is 3.63. The summed E-state index contributed by atoms with van der Waals surface area (Å²) in [6.45, 7) is 0.862. The van der Waals surface area contributed by atoms with Gasteiger partial charge in [0, 0.05) is 11.8 Å². The summed E-state index contributed by atoms with van der Waals surface area (Å²) in [6, 6.07) is 0.529. The van der Waals surface area contributed by atoms with Crippen LogP contribution in [-0.4, -0.2) is 46.7 Å². The topological polar surface area (TPSA) is 69.2 Å². The number of anilines is 1. The minimum atomic E-state index is 0.264. The second kappa shape index (κ2) is 6.63. The molecule has 0 radical (unpaired) electrons. The molecule has 1 aliphatic heterocycles. The Hall–Kier alpha value is -1.24. The van der Waals surface area contributed by atoms with Crippen molar-refractivity contribution in [2.45, 2.75) is 24.5 Å². The normalized spacial score (nSPS) is 19.3. The number of nitrogens with zero attached hydrogens (tertiary/aromatic N) is 3. The summed E-state index contributed by atoms with van der Waals surface area (Å²) in [5, 5.41) is 3.85. The van der Waals surface area contributed by atoms with Crippen molar-refractivity contribution in [1.82, 2.24) is 15.0 Å². The highest BCUT2D eigenvalue weighted by Crippen LogP contribution is 2.25. The van der Waals surface area contributed by atoms with E-state index in [2.05, 4.69) is 20.3 Å². The Morgan fingerprint density at radius 2 is 1.89 bits per heavy atom. The fourth-order valence-corrected chi connectivity index (χ4v) is 3.01. The van der Waals surface area contributed by atoms with Crippen LogP contribution in [0.3, 0.4) is 0 Å². The fraction of sp³-hybridized carbons (Fsp3) is 0.727. The molecule has 0 spiro atoms. The Morgan fingerprint density at radius 3 is 2.44 bits per heavy atom. The third-order valence-electron chi connectivity index (χ3n) is 2.72. The van der Waals surface area contributed by atoms with E-state index in [0.717, 1.165) is 6.54 Å². The first-order valence-corrected chi connectivity index (χ1v) is 7.06. The summed E-state index contributed by atoms with van der Waals surface area (Å²) < 4.78 is 10.0. The number of hydrogen-bond acceptors (Lipinski definition) is 7.